The molecule has 5 nitrogen and oxygen atoms in total. The lowest BCUT2D eigenvalue weighted by molar-refractivity contribution is -0.113. The second-order valence-electron chi connectivity index (χ2n) is 7.32. The van der Waals surface area contributed by atoms with E-state index in [0.29, 0.717) is 17.3 Å². The summed E-state index contributed by atoms with van der Waals surface area (Å²) in [4.78, 5) is 24.2. The molecule has 0 saturated carbocycles. The molecule has 0 aliphatic carbocycles. The number of carbonyl (C=O) groups excluding carboxylic acids is 1. The van der Waals surface area contributed by atoms with Crippen molar-refractivity contribution in [3.8, 4) is 0 Å². The number of ether oxygens (including phenoxy) is 1. The Morgan fingerprint density at radius 1 is 1.40 bits per heavy atom. The first-order valence-corrected chi connectivity index (χ1v) is 13.0. The standard InChI is InChI=1S/C21H22ClN3O2S3/c1-4-21(2)9-14-15(10-27-21)30-19-17(14)18(24-20(25-19)28-3)29-11-16(26)23-13-7-5-6-12(22)8-13/h5-8H,4,9-11H2,1-3H3,(H,23,26)/t21-/m1/s1. The lowest BCUT2D eigenvalue weighted by Crippen LogP contribution is -2.33. The number of aromatic nitrogens is 2. The zero-order valence-corrected chi connectivity index (χ0v) is 20.2. The van der Waals surface area contributed by atoms with Crippen molar-refractivity contribution in [2.75, 3.05) is 17.3 Å². The van der Waals surface area contributed by atoms with Gasteiger partial charge in [0, 0.05) is 27.4 Å². The Labute approximate surface area is 193 Å². The summed E-state index contributed by atoms with van der Waals surface area (Å²) in [6.07, 6.45) is 3.74. The third-order valence-corrected chi connectivity index (χ3v) is 8.02. The van der Waals surface area contributed by atoms with E-state index in [2.05, 4.69) is 19.2 Å². The molecule has 0 spiro atoms. The molecule has 1 N–H and O–H groups in total. The quantitative estimate of drug-likeness (QED) is 0.264. The van der Waals surface area contributed by atoms with Gasteiger partial charge in [0.05, 0.1) is 18.0 Å². The van der Waals surface area contributed by atoms with Crippen molar-refractivity contribution in [3.63, 3.8) is 0 Å². The molecule has 0 fully saturated rings. The van der Waals surface area contributed by atoms with Crippen molar-refractivity contribution < 1.29 is 9.53 Å². The van der Waals surface area contributed by atoms with Crippen LogP contribution in [0.2, 0.25) is 5.02 Å². The Balaban J connectivity index is 1.61. The van der Waals surface area contributed by atoms with Crippen LogP contribution >= 0.6 is 46.5 Å². The number of nitrogens with zero attached hydrogens (tertiary/aromatic N) is 2. The number of fused-ring (bicyclic) bond motifs is 3. The molecule has 0 radical (unpaired) electrons. The maximum absolute atomic E-state index is 12.5. The smallest absolute Gasteiger partial charge is 0.234 e. The van der Waals surface area contributed by atoms with Gasteiger partial charge in [0.15, 0.2) is 5.16 Å². The van der Waals surface area contributed by atoms with E-state index in [1.807, 2.05) is 18.4 Å². The Bertz CT molecular complexity index is 1100. The van der Waals surface area contributed by atoms with Gasteiger partial charge in [0.1, 0.15) is 9.86 Å². The van der Waals surface area contributed by atoms with E-state index >= 15 is 0 Å². The molecule has 9 heteroatoms. The number of thiophene rings is 1. The minimum absolute atomic E-state index is 0.0921. The topological polar surface area (TPSA) is 64.1 Å². The van der Waals surface area contributed by atoms with Gasteiger partial charge >= 0.3 is 0 Å². The maximum Gasteiger partial charge on any atom is 0.234 e. The summed E-state index contributed by atoms with van der Waals surface area (Å²) in [5, 5.41) is 6.15. The van der Waals surface area contributed by atoms with Crippen LogP contribution in [0.15, 0.2) is 34.4 Å². The van der Waals surface area contributed by atoms with Gasteiger partial charge in [-0.1, -0.05) is 48.1 Å². The lowest BCUT2D eigenvalue weighted by atomic mass is 9.90. The molecule has 1 aromatic carbocycles. The zero-order valence-electron chi connectivity index (χ0n) is 17.0. The molecule has 4 rings (SSSR count). The zero-order chi connectivity index (χ0) is 21.3. The molecule has 1 atom stereocenters. The van der Waals surface area contributed by atoms with Crippen molar-refractivity contribution >= 4 is 68.3 Å². The fourth-order valence-electron chi connectivity index (χ4n) is 3.34. The number of hydrogen-bond donors (Lipinski definition) is 1. The predicted molar refractivity (Wildman–Crippen MR) is 127 cm³/mol. The summed E-state index contributed by atoms with van der Waals surface area (Å²) < 4.78 is 6.12. The molecule has 3 aromatic rings. The first-order chi connectivity index (χ1) is 14.4. The van der Waals surface area contributed by atoms with E-state index in [9.17, 15) is 4.79 Å². The van der Waals surface area contributed by atoms with Gasteiger partial charge in [-0.25, -0.2) is 9.97 Å². The fourth-order valence-corrected chi connectivity index (χ4v) is 6.03. The Morgan fingerprint density at radius 2 is 2.23 bits per heavy atom. The van der Waals surface area contributed by atoms with Crippen LogP contribution in [0.1, 0.15) is 30.7 Å². The Morgan fingerprint density at radius 3 is 2.97 bits per heavy atom. The molecular formula is C21H22ClN3O2S3. The van der Waals surface area contributed by atoms with Crippen molar-refractivity contribution in [1.82, 2.24) is 9.97 Å². The molecule has 1 aliphatic rings. The first-order valence-electron chi connectivity index (χ1n) is 9.59. The molecule has 30 heavy (non-hydrogen) atoms. The second-order valence-corrected chi connectivity index (χ2v) is 10.6. The summed E-state index contributed by atoms with van der Waals surface area (Å²) in [5.74, 6) is 0.170. The van der Waals surface area contributed by atoms with Crippen LogP contribution in [0.25, 0.3) is 10.2 Å². The van der Waals surface area contributed by atoms with E-state index in [0.717, 1.165) is 33.2 Å². The molecule has 1 amide bonds. The molecule has 0 saturated heterocycles. The van der Waals surface area contributed by atoms with Crippen molar-refractivity contribution in [1.29, 1.82) is 0 Å². The molecule has 2 aromatic heterocycles. The van der Waals surface area contributed by atoms with Crippen LogP contribution in [-0.2, 0) is 22.6 Å². The summed E-state index contributed by atoms with van der Waals surface area (Å²) in [5.41, 5.74) is 1.79. The number of rotatable bonds is 6. The van der Waals surface area contributed by atoms with Crippen LogP contribution < -0.4 is 5.32 Å². The highest BCUT2D eigenvalue weighted by molar-refractivity contribution is 8.00. The summed E-state index contributed by atoms with van der Waals surface area (Å²) in [6, 6.07) is 7.15. The molecular weight excluding hydrogens is 458 g/mol. The molecule has 158 valence electrons. The average Bonchev–Trinajstić information content (AvgIpc) is 3.09. The normalized spacial score (nSPS) is 18.4. The summed E-state index contributed by atoms with van der Waals surface area (Å²) in [6.45, 7) is 4.91. The van der Waals surface area contributed by atoms with E-state index in [1.54, 1.807) is 23.5 Å². The lowest BCUT2D eigenvalue weighted by Gasteiger charge is -2.33. The summed E-state index contributed by atoms with van der Waals surface area (Å²) in [7, 11) is 0. The molecule has 3 heterocycles. The number of thioether (sulfide) groups is 2. The second kappa shape index (κ2) is 9.04. The average molecular weight is 480 g/mol. The SMILES string of the molecule is CC[C@]1(C)Cc2c(sc3nc(SC)nc(SCC(=O)Nc4cccc(Cl)c4)c23)CO1. The van der Waals surface area contributed by atoms with Gasteiger partial charge < -0.3 is 10.1 Å². The highest BCUT2D eigenvalue weighted by Gasteiger charge is 2.33. The minimum atomic E-state index is -0.176. The largest absolute Gasteiger partial charge is 0.369 e. The number of nitrogens with one attached hydrogen (secondary N) is 1. The Hall–Kier alpha value is -1.32. The molecule has 1 aliphatic heterocycles. The van der Waals surface area contributed by atoms with Crippen LogP contribution in [0.5, 0.6) is 0 Å². The van der Waals surface area contributed by atoms with Crippen LogP contribution in [-0.4, -0.2) is 33.5 Å². The fraction of sp³-hybridized carbons (Fsp3) is 0.381. The van der Waals surface area contributed by atoms with Crippen molar-refractivity contribution in [2.45, 2.75) is 49.1 Å². The van der Waals surface area contributed by atoms with E-state index in [-0.39, 0.29) is 17.3 Å². The van der Waals surface area contributed by atoms with Crippen molar-refractivity contribution in [3.05, 3.63) is 39.7 Å². The van der Waals surface area contributed by atoms with Crippen LogP contribution in [0.4, 0.5) is 5.69 Å². The number of hydrogen-bond acceptors (Lipinski definition) is 7. The number of halogens is 1. The van der Waals surface area contributed by atoms with Gasteiger partial charge in [-0.2, -0.15) is 0 Å². The number of anilines is 1. The first kappa shape index (κ1) is 21.9. The van der Waals surface area contributed by atoms with Gasteiger partial charge in [-0.05, 0) is 43.4 Å². The predicted octanol–water partition coefficient (Wildman–Crippen LogP) is 6.04. The summed E-state index contributed by atoms with van der Waals surface area (Å²) >= 11 is 10.6. The maximum atomic E-state index is 12.5. The monoisotopic (exact) mass is 479 g/mol. The van der Waals surface area contributed by atoms with Gasteiger partial charge in [-0.3, -0.25) is 4.79 Å². The number of benzene rings is 1. The number of carbonyl (C=O) groups is 1. The van der Waals surface area contributed by atoms with E-state index in [4.69, 9.17) is 26.3 Å². The highest BCUT2D eigenvalue weighted by Crippen LogP contribution is 2.43. The highest BCUT2D eigenvalue weighted by atomic mass is 35.5. The van der Waals surface area contributed by atoms with Gasteiger partial charge in [0.2, 0.25) is 5.91 Å². The third kappa shape index (κ3) is 4.62. The van der Waals surface area contributed by atoms with Crippen LogP contribution in [0.3, 0.4) is 0 Å². The number of amides is 1. The third-order valence-electron chi connectivity index (χ3n) is 5.16. The van der Waals surface area contributed by atoms with Crippen LogP contribution in [0, 0.1) is 0 Å². The van der Waals surface area contributed by atoms with E-state index in [1.165, 1.54) is 34.0 Å². The minimum Gasteiger partial charge on any atom is -0.369 e. The molecule has 0 unspecified atom stereocenters. The Kier molecular flexibility index (Phi) is 6.60. The van der Waals surface area contributed by atoms with Gasteiger partial charge in [0.25, 0.3) is 0 Å². The molecule has 0 bridgehead atoms. The van der Waals surface area contributed by atoms with Gasteiger partial charge in [-0.15, -0.1) is 11.3 Å². The van der Waals surface area contributed by atoms with E-state index < -0.39 is 0 Å². The van der Waals surface area contributed by atoms with Crippen molar-refractivity contribution in [2.24, 2.45) is 0 Å².